The van der Waals surface area contributed by atoms with Crippen molar-refractivity contribution in [1.82, 2.24) is 15.0 Å². The summed E-state index contributed by atoms with van der Waals surface area (Å²) in [6.07, 6.45) is 0. The van der Waals surface area contributed by atoms with Gasteiger partial charge in [0.2, 0.25) is 0 Å². The molecule has 0 atom stereocenters. The van der Waals surface area contributed by atoms with Crippen molar-refractivity contribution in [3.63, 3.8) is 0 Å². The average Bonchev–Trinajstić information content (AvgIpc) is 3.69. The first-order valence-electron chi connectivity index (χ1n) is 22.4. The van der Waals surface area contributed by atoms with E-state index < -0.39 is 5.41 Å². The molecule has 4 heteroatoms. The first kappa shape index (κ1) is 37.8. The Morgan fingerprint density at radius 2 is 0.621 bits per heavy atom. The minimum atomic E-state index is -0.526. The van der Waals surface area contributed by atoms with Crippen molar-refractivity contribution in [2.45, 2.75) is 5.41 Å². The average molecular weight is 842 g/mol. The van der Waals surface area contributed by atoms with E-state index in [0.29, 0.717) is 17.5 Å². The summed E-state index contributed by atoms with van der Waals surface area (Å²) in [4.78, 5) is 15.3. The topological polar surface area (TPSA) is 47.9 Å². The Bertz CT molecular complexity index is 3610. The van der Waals surface area contributed by atoms with Gasteiger partial charge in [-0.3, -0.25) is 0 Å². The molecule has 2 aliphatic rings. The molecule has 0 saturated heterocycles. The summed E-state index contributed by atoms with van der Waals surface area (Å²) < 4.78 is 6.58. The van der Waals surface area contributed by atoms with Gasteiger partial charge in [0.15, 0.2) is 17.5 Å². The van der Waals surface area contributed by atoms with Gasteiger partial charge in [0.25, 0.3) is 0 Å². The molecule has 1 aliphatic carbocycles. The molecule has 0 amide bonds. The second-order valence-corrected chi connectivity index (χ2v) is 17.0. The number of ether oxygens (including phenoxy) is 1. The van der Waals surface area contributed by atoms with Gasteiger partial charge in [-0.05, 0) is 78.5 Å². The fourth-order valence-electron chi connectivity index (χ4n) is 10.5. The van der Waals surface area contributed by atoms with E-state index in [1.165, 1.54) is 55.3 Å². The lowest BCUT2D eigenvalue weighted by molar-refractivity contribution is 0.436. The van der Waals surface area contributed by atoms with Crippen molar-refractivity contribution >= 4 is 10.8 Å². The van der Waals surface area contributed by atoms with Gasteiger partial charge >= 0.3 is 0 Å². The number of hydrogen-bond acceptors (Lipinski definition) is 4. The Kier molecular flexibility index (Phi) is 8.72. The van der Waals surface area contributed by atoms with Crippen LogP contribution in [0.5, 0.6) is 11.5 Å². The van der Waals surface area contributed by atoms with Crippen LogP contribution in [-0.2, 0) is 5.41 Å². The first-order valence-corrected chi connectivity index (χ1v) is 22.4. The van der Waals surface area contributed by atoms with Gasteiger partial charge in [-0.1, -0.05) is 224 Å². The largest absolute Gasteiger partial charge is 0.457 e. The first-order chi connectivity index (χ1) is 32.7. The quantitative estimate of drug-likeness (QED) is 0.167. The van der Waals surface area contributed by atoms with E-state index in [1.54, 1.807) is 0 Å². The molecule has 1 spiro atoms. The third-order valence-electron chi connectivity index (χ3n) is 13.5. The number of aromatic nitrogens is 3. The maximum Gasteiger partial charge on any atom is 0.164 e. The Balaban J connectivity index is 0.895. The van der Waals surface area contributed by atoms with Gasteiger partial charge in [0.1, 0.15) is 11.5 Å². The summed E-state index contributed by atoms with van der Waals surface area (Å²) in [5.74, 6) is 3.65. The number of fused-ring (bicyclic) bond motifs is 10. The molecule has 1 aliphatic heterocycles. The summed E-state index contributed by atoms with van der Waals surface area (Å²) in [5.41, 5.74) is 16.6. The summed E-state index contributed by atoms with van der Waals surface area (Å²) in [7, 11) is 0. The summed E-state index contributed by atoms with van der Waals surface area (Å²) in [6, 6.07) is 83.8. The van der Waals surface area contributed by atoms with Gasteiger partial charge in [-0.25, -0.2) is 15.0 Å². The highest BCUT2D eigenvalue weighted by Crippen LogP contribution is 2.63. The minimum Gasteiger partial charge on any atom is -0.457 e. The zero-order valence-electron chi connectivity index (χ0n) is 35.8. The molecule has 0 N–H and O–H groups in total. The number of rotatable bonds is 6. The molecule has 0 radical (unpaired) electrons. The molecule has 0 saturated carbocycles. The van der Waals surface area contributed by atoms with Crippen LogP contribution >= 0.6 is 0 Å². The van der Waals surface area contributed by atoms with Crippen molar-refractivity contribution in [3.8, 4) is 90.2 Å². The molecule has 0 bridgehead atoms. The van der Waals surface area contributed by atoms with E-state index in [1.807, 2.05) is 18.2 Å². The van der Waals surface area contributed by atoms with E-state index in [-0.39, 0.29) is 0 Å². The Morgan fingerprint density at radius 3 is 1.18 bits per heavy atom. The maximum absolute atomic E-state index is 6.58. The molecule has 2 heterocycles. The van der Waals surface area contributed by atoms with Crippen LogP contribution in [0.3, 0.4) is 0 Å². The smallest absolute Gasteiger partial charge is 0.164 e. The highest BCUT2D eigenvalue weighted by Gasteiger charge is 2.51. The monoisotopic (exact) mass is 841 g/mol. The lowest BCUT2D eigenvalue weighted by Gasteiger charge is -2.39. The molecule has 0 unspecified atom stereocenters. The number of para-hydroxylation sites is 2. The summed E-state index contributed by atoms with van der Waals surface area (Å²) in [5, 5.41) is 2.44. The van der Waals surface area contributed by atoms with Gasteiger partial charge in [-0.15, -0.1) is 0 Å². The molecule has 1 aromatic heterocycles. The maximum atomic E-state index is 6.58. The Morgan fingerprint density at radius 1 is 0.258 bits per heavy atom. The van der Waals surface area contributed by atoms with Crippen LogP contribution in [0.25, 0.3) is 89.4 Å². The van der Waals surface area contributed by atoms with Crippen molar-refractivity contribution in [2.24, 2.45) is 0 Å². The van der Waals surface area contributed by atoms with Crippen LogP contribution < -0.4 is 4.74 Å². The lowest BCUT2D eigenvalue weighted by atomic mass is 9.66. The molecule has 0 fully saturated rings. The van der Waals surface area contributed by atoms with Crippen LogP contribution in [0.2, 0.25) is 0 Å². The van der Waals surface area contributed by atoms with Crippen molar-refractivity contribution < 1.29 is 4.74 Å². The number of hydrogen-bond donors (Lipinski definition) is 0. The Labute approximate surface area is 383 Å². The van der Waals surface area contributed by atoms with Gasteiger partial charge in [-0.2, -0.15) is 0 Å². The molecule has 10 aromatic carbocycles. The Hall–Kier alpha value is -8.73. The van der Waals surface area contributed by atoms with Gasteiger partial charge in [0, 0.05) is 27.8 Å². The van der Waals surface area contributed by atoms with Crippen molar-refractivity contribution in [2.75, 3.05) is 0 Å². The molecular formula is C62H39N3O. The van der Waals surface area contributed by atoms with E-state index >= 15 is 0 Å². The van der Waals surface area contributed by atoms with E-state index in [0.717, 1.165) is 50.4 Å². The minimum absolute atomic E-state index is 0.526. The zero-order valence-corrected chi connectivity index (χ0v) is 35.8. The normalized spacial score (nSPS) is 12.8. The summed E-state index contributed by atoms with van der Waals surface area (Å²) >= 11 is 0. The predicted octanol–water partition coefficient (Wildman–Crippen LogP) is 15.5. The lowest BCUT2D eigenvalue weighted by Crippen LogP contribution is -2.32. The second kappa shape index (κ2) is 15.2. The summed E-state index contributed by atoms with van der Waals surface area (Å²) in [6.45, 7) is 0. The number of benzene rings is 10. The van der Waals surface area contributed by atoms with Crippen LogP contribution in [0.4, 0.5) is 0 Å². The van der Waals surface area contributed by atoms with Crippen LogP contribution in [0, 0.1) is 0 Å². The number of nitrogens with zero attached hydrogens (tertiary/aromatic N) is 3. The molecule has 4 nitrogen and oxygen atoms in total. The van der Waals surface area contributed by atoms with Gasteiger partial charge in [0.05, 0.1) is 5.41 Å². The molecule has 13 rings (SSSR count). The van der Waals surface area contributed by atoms with Crippen LogP contribution in [-0.4, -0.2) is 15.0 Å². The fourth-order valence-corrected chi connectivity index (χ4v) is 10.5. The van der Waals surface area contributed by atoms with E-state index in [2.05, 4.69) is 218 Å². The second-order valence-electron chi connectivity index (χ2n) is 17.0. The standard InChI is InChI=1S/C62H39N3O/c1-3-16-40(17-4-1)46-21-13-25-50-47(22-14-24-49(46)50)41-32-36-44(37-33-41)60-63-59(43-18-5-2-6-19-43)64-61(65-60)45-38-34-42(35-39-45)48-23-15-29-55-58(48)51-20-7-8-26-52(51)62(55)53-27-9-11-30-56(53)66-57-31-12-10-28-54(57)62/h1-39H. The van der Waals surface area contributed by atoms with Gasteiger partial charge < -0.3 is 4.74 Å². The van der Waals surface area contributed by atoms with Crippen molar-refractivity contribution in [1.29, 1.82) is 0 Å². The van der Waals surface area contributed by atoms with Crippen LogP contribution in [0.15, 0.2) is 237 Å². The molecular weight excluding hydrogens is 803 g/mol. The highest BCUT2D eigenvalue weighted by atomic mass is 16.5. The molecule has 66 heavy (non-hydrogen) atoms. The molecule has 308 valence electrons. The highest BCUT2D eigenvalue weighted by molar-refractivity contribution is 6.04. The van der Waals surface area contributed by atoms with E-state index in [4.69, 9.17) is 19.7 Å². The third-order valence-corrected chi connectivity index (χ3v) is 13.5. The van der Waals surface area contributed by atoms with E-state index in [9.17, 15) is 0 Å². The third kappa shape index (κ3) is 5.89. The zero-order chi connectivity index (χ0) is 43.6. The predicted molar refractivity (Wildman–Crippen MR) is 267 cm³/mol. The molecule has 11 aromatic rings. The SMILES string of the molecule is c1ccc(-c2nc(-c3ccc(-c4cccc5c4-c4ccccc4C54c5ccccc5Oc5ccccc54)cc3)nc(-c3ccc(-c4cccc5c(-c6ccccc6)cccc45)cc3)n2)cc1. The van der Waals surface area contributed by atoms with Crippen molar-refractivity contribution in [3.05, 3.63) is 259 Å². The fraction of sp³-hybridized carbons (Fsp3) is 0.0161. The van der Waals surface area contributed by atoms with Crippen LogP contribution in [0.1, 0.15) is 22.3 Å².